The van der Waals surface area contributed by atoms with Crippen molar-refractivity contribution in [2.45, 2.75) is 114 Å². The third-order valence-electron chi connectivity index (χ3n) is 11.3. The van der Waals surface area contributed by atoms with Gasteiger partial charge in [-0.25, -0.2) is 9.97 Å². The molecule has 18 nitrogen and oxygen atoms in total. The SMILES string of the molecule is CC(C)(C)c1ccc(OCC(=O)Nc2ccnc3c2nnn3[C@H]2C[C@H](O)[C@@H](COP(=S)(S)OC3C(O[Si](C)(C)C(C)(C)C)[C@@H](CO)O[C@H]3n3ccc(=O)n4ccnc34)O2)cc1. The summed E-state index contributed by atoms with van der Waals surface area (Å²) >= 11 is 10.6. The molecule has 7 rings (SSSR count). The van der Waals surface area contributed by atoms with Gasteiger partial charge in [-0.15, -0.1) is 5.10 Å². The number of aromatic nitrogens is 7. The maximum atomic E-state index is 12.9. The highest BCUT2D eigenvalue weighted by Gasteiger charge is 2.53. The lowest BCUT2D eigenvalue weighted by Crippen LogP contribution is -2.50. The molecule has 1 amide bonds. The second kappa shape index (κ2) is 17.5. The molecule has 3 unspecified atom stereocenters. The van der Waals surface area contributed by atoms with Crippen molar-refractivity contribution in [1.82, 2.24) is 33.9 Å². The summed E-state index contributed by atoms with van der Waals surface area (Å²) in [6, 6.07) is 10.6. The first-order valence-corrected chi connectivity index (χ1v) is 26.6. The number of nitrogens with one attached hydrogen (secondary N) is 1. The number of thiol groups is 1. The number of amides is 1. The van der Waals surface area contributed by atoms with Gasteiger partial charge in [0.25, 0.3) is 11.5 Å². The van der Waals surface area contributed by atoms with E-state index >= 15 is 0 Å². The summed E-state index contributed by atoms with van der Waals surface area (Å²) in [4.78, 5) is 34.3. The van der Waals surface area contributed by atoms with Crippen LogP contribution in [0.5, 0.6) is 5.75 Å². The van der Waals surface area contributed by atoms with Crippen LogP contribution in [0.1, 0.15) is 66.0 Å². The molecule has 0 spiro atoms. The Morgan fingerprint density at radius 1 is 1.03 bits per heavy atom. The van der Waals surface area contributed by atoms with Gasteiger partial charge in [0.05, 0.1) is 25.0 Å². The van der Waals surface area contributed by atoms with Crippen LogP contribution in [0.2, 0.25) is 18.1 Å². The summed E-state index contributed by atoms with van der Waals surface area (Å²) < 4.78 is 42.3. The second-order valence-corrected chi connectivity index (χ2v) is 27.7. The first kappa shape index (κ1) is 45.4. The van der Waals surface area contributed by atoms with Crippen LogP contribution in [-0.2, 0) is 45.0 Å². The van der Waals surface area contributed by atoms with E-state index in [0.29, 0.717) is 22.6 Å². The van der Waals surface area contributed by atoms with Gasteiger partial charge in [0.15, 0.2) is 38.5 Å². The molecule has 8 atom stereocenters. The molecule has 0 aliphatic carbocycles. The van der Waals surface area contributed by atoms with Crippen LogP contribution >= 0.6 is 17.9 Å². The van der Waals surface area contributed by atoms with Crippen molar-refractivity contribution in [3.05, 3.63) is 77.1 Å². The minimum atomic E-state index is -3.48. The van der Waals surface area contributed by atoms with Gasteiger partial charge in [0.2, 0.25) is 11.5 Å². The van der Waals surface area contributed by atoms with Crippen LogP contribution in [0.15, 0.2) is 66.0 Å². The number of rotatable bonds is 14. The van der Waals surface area contributed by atoms with Crippen molar-refractivity contribution < 1.29 is 42.7 Å². The van der Waals surface area contributed by atoms with E-state index in [2.05, 4.69) is 80.2 Å². The summed E-state index contributed by atoms with van der Waals surface area (Å²) in [6.45, 7) is 16.0. The Kier molecular flexibility index (Phi) is 13.0. The number of nitrogens with zero attached hydrogens (tertiary/aromatic N) is 7. The normalized spacial score (nSPS) is 24.7. The van der Waals surface area contributed by atoms with Crippen molar-refractivity contribution in [1.29, 1.82) is 0 Å². The molecule has 0 bridgehead atoms. The number of pyridine rings is 1. The molecule has 330 valence electrons. The summed E-state index contributed by atoms with van der Waals surface area (Å²) in [6.07, 6.45) is 0.00577. The fourth-order valence-electron chi connectivity index (χ4n) is 6.89. The van der Waals surface area contributed by atoms with Gasteiger partial charge in [0, 0.05) is 37.3 Å². The van der Waals surface area contributed by atoms with Gasteiger partial charge in [-0.2, -0.15) is 4.68 Å². The minimum absolute atomic E-state index is 0.00665. The molecule has 4 aromatic heterocycles. The predicted molar refractivity (Wildman–Crippen MR) is 236 cm³/mol. The number of fused-ring (bicyclic) bond motifs is 2. The van der Waals surface area contributed by atoms with Crippen LogP contribution in [0.4, 0.5) is 5.69 Å². The molecule has 2 saturated heterocycles. The molecule has 5 aromatic rings. The zero-order chi connectivity index (χ0) is 44.1. The first-order chi connectivity index (χ1) is 28.7. The quantitative estimate of drug-likeness (QED) is 0.0647. The largest absolute Gasteiger partial charge is 0.484 e. The molecule has 3 N–H and O–H groups in total. The van der Waals surface area contributed by atoms with Gasteiger partial charge in [-0.3, -0.25) is 18.6 Å². The average Bonchev–Trinajstić information content (AvgIpc) is 3.99. The molecule has 0 saturated carbocycles. The number of benzene rings is 1. The fourth-order valence-corrected chi connectivity index (χ4v) is 10.1. The van der Waals surface area contributed by atoms with Gasteiger partial charge in [0.1, 0.15) is 30.2 Å². The monoisotopic (exact) mass is 916 g/mol. The number of imidazole rings is 1. The van der Waals surface area contributed by atoms with E-state index in [1.807, 2.05) is 24.3 Å². The van der Waals surface area contributed by atoms with Gasteiger partial charge < -0.3 is 43.2 Å². The third kappa shape index (κ3) is 9.81. The van der Waals surface area contributed by atoms with E-state index in [1.165, 1.54) is 27.5 Å². The van der Waals surface area contributed by atoms with Crippen LogP contribution in [-0.4, -0.2) is 109 Å². The van der Waals surface area contributed by atoms with Crippen LogP contribution in [0.25, 0.3) is 16.9 Å². The molecule has 22 heteroatoms. The van der Waals surface area contributed by atoms with E-state index in [0.717, 1.165) is 5.56 Å². The van der Waals surface area contributed by atoms with Crippen molar-refractivity contribution in [3.8, 4) is 5.75 Å². The molecule has 6 heterocycles. The highest BCUT2D eigenvalue weighted by atomic mass is 32.9. The third-order valence-corrected chi connectivity index (χ3v) is 18.0. The molecule has 1 aromatic carbocycles. The summed E-state index contributed by atoms with van der Waals surface area (Å²) in [5.74, 6) is 0.456. The van der Waals surface area contributed by atoms with E-state index in [9.17, 15) is 19.8 Å². The van der Waals surface area contributed by atoms with Crippen molar-refractivity contribution in [2.24, 2.45) is 0 Å². The number of ether oxygens (including phenoxy) is 3. The Morgan fingerprint density at radius 2 is 1.77 bits per heavy atom. The summed E-state index contributed by atoms with van der Waals surface area (Å²) in [5, 5.41) is 32.8. The number of anilines is 1. The topological polar surface area (TPSA) is 208 Å². The molecule has 2 fully saturated rings. The Morgan fingerprint density at radius 3 is 2.46 bits per heavy atom. The van der Waals surface area contributed by atoms with E-state index < -0.39 is 62.9 Å². The van der Waals surface area contributed by atoms with E-state index in [1.54, 1.807) is 23.0 Å². The maximum Gasteiger partial charge on any atom is 0.262 e. The van der Waals surface area contributed by atoms with E-state index in [-0.39, 0.29) is 48.0 Å². The Hall–Kier alpha value is -3.60. The lowest BCUT2D eigenvalue weighted by Gasteiger charge is -2.40. The van der Waals surface area contributed by atoms with Crippen molar-refractivity contribution >= 4 is 66.6 Å². The van der Waals surface area contributed by atoms with Gasteiger partial charge in [-0.05, 0) is 59.1 Å². The Balaban J connectivity index is 1.03. The highest BCUT2D eigenvalue weighted by molar-refractivity contribution is 8.60. The van der Waals surface area contributed by atoms with Crippen molar-refractivity contribution in [2.75, 3.05) is 25.1 Å². The number of hydrogen-bond acceptors (Lipinski definition) is 15. The van der Waals surface area contributed by atoms with Crippen LogP contribution < -0.4 is 15.6 Å². The average molecular weight is 917 g/mol. The molecule has 2 aliphatic rings. The second-order valence-electron chi connectivity index (χ2n) is 17.7. The van der Waals surface area contributed by atoms with Crippen LogP contribution in [0, 0.1) is 0 Å². The zero-order valence-corrected chi connectivity index (χ0v) is 38.8. The van der Waals surface area contributed by atoms with Crippen molar-refractivity contribution in [3.63, 3.8) is 0 Å². The smallest absolute Gasteiger partial charge is 0.262 e. The molecule has 2 aliphatic heterocycles. The van der Waals surface area contributed by atoms with Gasteiger partial charge >= 0.3 is 0 Å². The molecule has 0 radical (unpaired) electrons. The standard InChI is InChI=1S/C39H53N8O10PS2Si/c1-38(2,3)23-9-11-24(12-10-23)52-22-29(50)42-25-13-15-40-35-32(25)43-44-47(35)31-19-26(49)28(54-31)21-53-58(59,60)56-34-33(57-61(7,8)39(4,5)6)27(20-48)55-36(34)46-17-14-30(51)45-18-16-41-37(45)46/h9-18,26-28,31,33-34,36,48-49H,19-22H2,1-8H3,(H,59,60)(H,40,42,50)/t26-,27+,28+,31+,33?,34?,36+/m0/s1. The number of aliphatic hydroxyl groups is 2. The maximum absolute atomic E-state index is 12.9. The fraction of sp³-hybridized carbons (Fsp3) is 0.538. The molecular formula is C39H53N8O10PS2Si. The lowest BCUT2D eigenvalue weighted by molar-refractivity contribution is -0.118. The first-order valence-electron chi connectivity index (χ1n) is 19.9. The lowest BCUT2D eigenvalue weighted by atomic mass is 9.87. The Bertz CT molecular complexity index is 2470. The van der Waals surface area contributed by atoms with Gasteiger partial charge in [-0.1, -0.05) is 71.1 Å². The number of aliphatic hydroxyl groups excluding tert-OH is 2. The van der Waals surface area contributed by atoms with Crippen LogP contribution in [0.3, 0.4) is 0 Å². The summed E-state index contributed by atoms with van der Waals surface area (Å²) in [7, 11) is -2.50. The Labute approximate surface area is 364 Å². The molecule has 61 heavy (non-hydrogen) atoms. The zero-order valence-electron chi connectivity index (χ0n) is 35.2. The minimum Gasteiger partial charge on any atom is -0.484 e. The predicted octanol–water partition coefficient (Wildman–Crippen LogP) is 5.14. The molecular weight excluding hydrogens is 864 g/mol. The number of carbonyl (C=O) groups excluding carboxylic acids is 1. The number of carbonyl (C=O) groups is 1. The highest BCUT2D eigenvalue weighted by Crippen LogP contribution is 2.58. The number of hydrogen-bond donors (Lipinski definition) is 4. The summed E-state index contributed by atoms with van der Waals surface area (Å²) in [5.41, 5.74) is -1.60. The van der Waals surface area contributed by atoms with E-state index in [4.69, 9.17) is 51.7 Å².